The summed E-state index contributed by atoms with van der Waals surface area (Å²) in [5.74, 6) is -1.01. The lowest BCUT2D eigenvalue weighted by Gasteiger charge is -2.61. The van der Waals surface area contributed by atoms with Crippen molar-refractivity contribution in [3.63, 3.8) is 0 Å². The van der Waals surface area contributed by atoms with Gasteiger partial charge in [0.25, 0.3) is 0 Å². The Morgan fingerprint density at radius 1 is 1.00 bits per heavy atom. The molecule has 5 rings (SSSR count). The van der Waals surface area contributed by atoms with Gasteiger partial charge >= 0.3 is 5.97 Å². The van der Waals surface area contributed by atoms with Crippen LogP contribution >= 0.6 is 0 Å². The molecule has 4 aliphatic rings. The maximum Gasteiger partial charge on any atom is 0.303 e. The number of hydrogen-bond acceptors (Lipinski definition) is 6. The first-order chi connectivity index (χ1) is 16.4. The van der Waals surface area contributed by atoms with E-state index in [1.54, 1.807) is 0 Å². The van der Waals surface area contributed by atoms with E-state index in [-0.39, 0.29) is 17.9 Å². The Labute approximate surface area is 201 Å². The van der Waals surface area contributed by atoms with Crippen LogP contribution in [0.3, 0.4) is 0 Å². The summed E-state index contributed by atoms with van der Waals surface area (Å²) in [7, 11) is 0. The molecule has 1 unspecified atom stereocenters. The van der Waals surface area contributed by atoms with E-state index < -0.39 is 5.97 Å². The van der Waals surface area contributed by atoms with Gasteiger partial charge in [-0.3, -0.25) is 19.7 Å². The number of amides is 2. The fourth-order valence-corrected chi connectivity index (χ4v) is 6.38. The number of aliphatic carboxylic acids is 1. The van der Waals surface area contributed by atoms with E-state index in [9.17, 15) is 14.4 Å². The predicted molar refractivity (Wildman–Crippen MR) is 130 cm³/mol. The Balaban J connectivity index is 1.07. The molecule has 2 N–H and O–H groups in total. The first-order valence-electron chi connectivity index (χ1n) is 12.9. The van der Waals surface area contributed by atoms with Crippen LogP contribution in [0.15, 0.2) is 18.2 Å². The number of benzene rings is 1. The average Bonchev–Trinajstić information content (AvgIpc) is 3.17. The fraction of sp³-hybridized carbons (Fsp3) is 0.654. The SMILES string of the molecule is O=C(O)CCCCCCCN1CC2(C1)CN(c1cccc3c1CCN3C1CCC(=O)NC1=O)C2. The molecule has 0 aromatic heterocycles. The number of fused-ring (bicyclic) bond motifs is 1. The predicted octanol–water partition coefficient (Wildman–Crippen LogP) is 2.40. The zero-order chi connectivity index (χ0) is 23.7. The molecule has 3 saturated heterocycles. The third-order valence-electron chi connectivity index (χ3n) is 8.00. The first kappa shape index (κ1) is 23.1. The molecular weight excluding hydrogens is 432 g/mol. The monoisotopic (exact) mass is 468 g/mol. The molecule has 4 heterocycles. The number of rotatable bonds is 10. The number of nitrogens with one attached hydrogen (secondary N) is 1. The van der Waals surface area contributed by atoms with E-state index in [0.717, 1.165) is 57.5 Å². The van der Waals surface area contributed by atoms with Gasteiger partial charge in [-0.2, -0.15) is 0 Å². The van der Waals surface area contributed by atoms with Gasteiger partial charge in [-0.15, -0.1) is 0 Å². The second-order valence-electron chi connectivity index (χ2n) is 10.7. The lowest BCUT2D eigenvalue weighted by Crippen LogP contribution is -2.72. The Bertz CT molecular complexity index is 950. The van der Waals surface area contributed by atoms with Crippen molar-refractivity contribution in [3.8, 4) is 0 Å². The van der Waals surface area contributed by atoms with Gasteiger partial charge in [0.2, 0.25) is 11.8 Å². The summed E-state index contributed by atoms with van der Waals surface area (Å²) in [4.78, 5) is 41.8. The molecule has 34 heavy (non-hydrogen) atoms. The molecule has 1 aromatic rings. The van der Waals surface area contributed by atoms with E-state index >= 15 is 0 Å². The van der Waals surface area contributed by atoms with Crippen molar-refractivity contribution < 1.29 is 19.5 Å². The smallest absolute Gasteiger partial charge is 0.303 e. The summed E-state index contributed by atoms with van der Waals surface area (Å²) in [6.45, 7) is 6.56. The Morgan fingerprint density at radius 2 is 1.74 bits per heavy atom. The molecule has 4 aliphatic heterocycles. The highest BCUT2D eigenvalue weighted by Crippen LogP contribution is 2.45. The number of unbranched alkanes of at least 4 members (excludes halogenated alkanes) is 4. The van der Waals surface area contributed by atoms with E-state index in [1.807, 2.05) is 0 Å². The van der Waals surface area contributed by atoms with Gasteiger partial charge in [-0.25, -0.2) is 0 Å². The minimum atomic E-state index is -0.687. The largest absolute Gasteiger partial charge is 0.481 e. The number of hydrogen-bond donors (Lipinski definition) is 2. The van der Waals surface area contributed by atoms with Crippen LogP contribution in [0.2, 0.25) is 0 Å². The van der Waals surface area contributed by atoms with Crippen molar-refractivity contribution in [3.05, 3.63) is 23.8 Å². The van der Waals surface area contributed by atoms with Gasteiger partial charge < -0.3 is 19.8 Å². The van der Waals surface area contributed by atoms with Crippen molar-refractivity contribution in [1.29, 1.82) is 0 Å². The van der Waals surface area contributed by atoms with E-state index in [0.29, 0.717) is 24.7 Å². The fourth-order valence-electron chi connectivity index (χ4n) is 6.38. The summed E-state index contributed by atoms with van der Waals surface area (Å²) in [5.41, 5.74) is 4.26. The van der Waals surface area contributed by atoms with Crippen LogP contribution < -0.4 is 15.1 Å². The average molecular weight is 469 g/mol. The molecule has 0 saturated carbocycles. The Hall–Kier alpha value is -2.61. The van der Waals surface area contributed by atoms with Crippen LogP contribution in [0.4, 0.5) is 11.4 Å². The number of carboxylic acids is 1. The first-order valence-corrected chi connectivity index (χ1v) is 12.9. The minimum Gasteiger partial charge on any atom is -0.481 e. The van der Waals surface area contributed by atoms with Crippen molar-refractivity contribution in [2.75, 3.05) is 49.1 Å². The highest BCUT2D eigenvalue weighted by atomic mass is 16.4. The van der Waals surface area contributed by atoms with Gasteiger partial charge in [0.15, 0.2) is 0 Å². The molecule has 0 bridgehead atoms. The van der Waals surface area contributed by atoms with Crippen LogP contribution in [-0.2, 0) is 20.8 Å². The quantitative estimate of drug-likeness (QED) is 0.402. The number of carbonyl (C=O) groups excluding carboxylic acids is 2. The lowest BCUT2D eigenvalue weighted by molar-refractivity contribution is -0.137. The van der Waals surface area contributed by atoms with E-state index in [2.05, 4.69) is 38.2 Å². The molecule has 1 aromatic carbocycles. The number of piperidine rings is 1. The van der Waals surface area contributed by atoms with Crippen LogP contribution in [-0.4, -0.2) is 73.1 Å². The summed E-state index contributed by atoms with van der Waals surface area (Å²) >= 11 is 0. The molecule has 8 heteroatoms. The van der Waals surface area contributed by atoms with Gasteiger partial charge in [0.05, 0.1) is 0 Å². The molecule has 8 nitrogen and oxygen atoms in total. The topological polar surface area (TPSA) is 93.2 Å². The second-order valence-corrected chi connectivity index (χ2v) is 10.7. The number of carboxylic acid groups (broad SMARTS) is 1. The zero-order valence-corrected chi connectivity index (χ0v) is 19.9. The second kappa shape index (κ2) is 9.56. The Morgan fingerprint density at radius 3 is 2.50 bits per heavy atom. The van der Waals surface area contributed by atoms with Gasteiger partial charge in [-0.05, 0) is 44.4 Å². The number of nitrogens with zero attached hydrogens (tertiary/aromatic N) is 3. The molecular formula is C26H36N4O4. The number of anilines is 2. The molecule has 2 amide bonds. The number of imide groups is 1. The highest BCUT2D eigenvalue weighted by molar-refractivity contribution is 6.02. The maximum atomic E-state index is 12.4. The van der Waals surface area contributed by atoms with Gasteiger partial charge in [0, 0.05) is 67.9 Å². The van der Waals surface area contributed by atoms with Crippen LogP contribution in [0.5, 0.6) is 0 Å². The molecule has 1 spiro atoms. The van der Waals surface area contributed by atoms with Crippen molar-refractivity contribution in [1.82, 2.24) is 10.2 Å². The molecule has 0 radical (unpaired) electrons. The van der Waals surface area contributed by atoms with Crippen molar-refractivity contribution >= 4 is 29.2 Å². The third kappa shape index (κ3) is 4.65. The zero-order valence-electron chi connectivity index (χ0n) is 19.9. The van der Waals surface area contributed by atoms with E-state index in [1.165, 1.54) is 37.2 Å². The van der Waals surface area contributed by atoms with Crippen LogP contribution in [0.1, 0.15) is 56.9 Å². The highest BCUT2D eigenvalue weighted by Gasteiger charge is 2.52. The van der Waals surface area contributed by atoms with Gasteiger partial charge in [-0.1, -0.05) is 25.3 Å². The summed E-state index contributed by atoms with van der Waals surface area (Å²) in [6.07, 6.45) is 7.60. The number of carbonyl (C=O) groups is 3. The minimum absolute atomic E-state index is 0.160. The van der Waals surface area contributed by atoms with Crippen molar-refractivity contribution in [2.45, 2.75) is 63.8 Å². The summed E-state index contributed by atoms with van der Waals surface area (Å²) in [5, 5.41) is 11.2. The third-order valence-corrected chi connectivity index (χ3v) is 8.00. The Kier molecular flexibility index (Phi) is 6.51. The molecule has 184 valence electrons. The summed E-state index contributed by atoms with van der Waals surface area (Å²) < 4.78 is 0. The normalized spacial score (nSPS) is 23.5. The standard InChI is InChI=1S/C26H36N4O4/c31-23-11-10-22(25(34)27-23)30-14-12-19-20(7-6-8-21(19)30)29-17-26(18-29)15-28(16-26)13-5-3-1-2-4-9-24(32)33/h6-8,22H,1-5,9-18H2,(H,32,33)(H,27,31,34). The number of likely N-dealkylation sites (tertiary alicyclic amines) is 1. The molecule has 3 fully saturated rings. The van der Waals surface area contributed by atoms with Crippen LogP contribution in [0.25, 0.3) is 0 Å². The van der Waals surface area contributed by atoms with E-state index in [4.69, 9.17) is 5.11 Å². The summed E-state index contributed by atoms with van der Waals surface area (Å²) in [6, 6.07) is 6.21. The lowest BCUT2D eigenvalue weighted by atomic mass is 9.72. The van der Waals surface area contributed by atoms with Crippen molar-refractivity contribution in [2.24, 2.45) is 5.41 Å². The maximum absolute atomic E-state index is 12.4. The van der Waals surface area contributed by atoms with Gasteiger partial charge in [0.1, 0.15) is 6.04 Å². The molecule has 1 atom stereocenters. The van der Waals surface area contributed by atoms with Crippen LogP contribution in [0, 0.1) is 5.41 Å². The molecule has 0 aliphatic carbocycles.